The Morgan fingerprint density at radius 3 is 1.91 bits per heavy atom. The van der Waals surface area contributed by atoms with Crippen LogP contribution in [0.2, 0.25) is 0 Å². The second kappa shape index (κ2) is 5.98. The van der Waals surface area contributed by atoms with Crippen molar-refractivity contribution < 1.29 is 35.9 Å². The summed E-state index contributed by atoms with van der Waals surface area (Å²) in [6.07, 6.45) is 0. The Balaban J connectivity index is 3.69. The molecule has 0 aromatic heterocycles. The number of rotatable bonds is 4. The minimum atomic E-state index is -4.30. The minimum absolute atomic E-state index is 0.487. The van der Waals surface area contributed by atoms with Crippen molar-refractivity contribution in [3.63, 3.8) is 0 Å². The number of halogens is 6. The molecule has 1 aromatic carbocycles. The van der Waals surface area contributed by atoms with Gasteiger partial charge in [0.15, 0.2) is 23.3 Å². The van der Waals surface area contributed by atoms with Gasteiger partial charge < -0.3 is 4.74 Å². The van der Waals surface area contributed by atoms with Gasteiger partial charge in [-0.05, 0) is 17.6 Å². The normalized spacial score (nSPS) is 13.0. The van der Waals surface area contributed by atoms with Crippen molar-refractivity contribution in [2.24, 2.45) is 5.11 Å². The molecule has 11 heteroatoms. The number of alkyl halides is 1. The second-order valence-corrected chi connectivity index (χ2v) is 3.87. The first-order chi connectivity index (χ1) is 10.1. The molecule has 0 saturated carbocycles. The summed E-state index contributed by atoms with van der Waals surface area (Å²) in [6, 6.07) is 0. The third-order valence-corrected chi connectivity index (χ3v) is 2.27. The molecule has 0 heterocycles. The van der Waals surface area contributed by atoms with E-state index in [0.29, 0.717) is 0 Å². The van der Waals surface area contributed by atoms with E-state index in [0.717, 1.165) is 6.92 Å². The van der Waals surface area contributed by atoms with Crippen molar-refractivity contribution in [1.82, 2.24) is 0 Å². The van der Waals surface area contributed by atoms with Gasteiger partial charge in [0, 0.05) is 10.5 Å². The zero-order valence-corrected chi connectivity index (χ0v) is 10.6. The summed E-state index contributed by atoms with van der Waals surface area (Å²) in [4.78, 5) is 13.0. The molecular formula is C11H5F6N3O2. The third-order valence-electron chi connectivity index (χ3n) is 2.27. The molecule has 1 unspecified atom stereocenters. The van der Waals surface area contributed by atoms with E-state index in [1.165, 1.54) is 0 Å². The van der Waals surface area contributed by atoms with Crippen LogP contribution in [0.25, 0.3) is 10.4 Å². The number of ether oxygens (including phenoxy) is 1. The molecule has 0 amide bonds. The van der Waals surface area contributed by atoms with Gasteiger partial charge in [-0.1, -0.05) is 6.58 Å². The molecule has 0 N–H and O–H groups in total. The summed E-state index contributed by atoms with van der Waals surface area (Å²) >= 11 is 0. The number of carbonyl (C=O) groups excluding carboxylic acids is 1. The molecule has 5 nitrogen and oxygen atoms in total. The molecule has 0 saturated heterocycles. The van der Waals surface area contributed by atoms with E-state index in [9.17, 15) is 31.1 Å². The summed E-state index contributed by atoms with van der Waals surface area (Å²) in [7, 11) is 0. The van der Waals surface area contributed by atoms with E-state index in [2.05, 4.69) is 16.4 Å². The Bertz CT molecular complexity index is 687. The van der Waals surface area contributed by atoms with Crippen LogP contribution in [0, 0.1) is 29.1 Å². The van der Waals surface area contributed by atoms with Gasteiger partial charge in [-0.2, -0.15) is 4.39 Å². The number of nitrogens with zero attached hydrogens (tertiary/aromatic N) is 3. The van der Waals surface area contributed by atoms with Crippen molar-refractivity contribution in [2.45, 2.75) is 12.9 Å². The van der Waals surface area contributed by atoms with Gasteiger partial charge in [0.25, 0.3) is 0 Å². The highest BCUT2D eigenvalue weighted by molar-refractivity contribution is 5.87. The van der Waals surface area contributed by atoms with Gasteiger partial charge in [-0.15, -0.1) is 0 Å². The fourth-order valence-electron chi connectivity index (χ4n) is 1.26. The molecule has 0 aliphatic rings. The molecule has 0 radical (unpaired) electrons. The Morgan fingerprint density at radius 1 is 1.14 bits per heavy atom. The average molecular weight is 325 g/mol. The fourth-order valence-corrected chi connectivity index (χ4v) is 1.26. The van der Waals surface area contributed by atoms with Crippen molar-refractivity contribution in [3.05, 3.63) is 57.2 Å². The smallest absolute Gasteiger partial charge is 0.362 e. The number of azide groups is 1. The Hall–Kier alpha value is -2.68. The zero-order chi connectivity index (χ0) is 17.2. The zero-order valence-electron chi connectivity index (χ0n) is 10.6. The topological polar surface area (TPSA) is 75.1 Å². The van der Waals surface area contributed by atoms with Crippen LogP contribution >= 0.6 is 0 Å². The number of benzene rings is 1. The van der Waals surface area contributed by atoms with Gasteiger partial charge in [-0.3, -0.25) is 0 Å². The van der Waals surface area contributed by atoms with Gasteiger partial charge in [0.05, 0.1) is 0 Å². The van der Waals surface area contributed by atoms with Crippen LogP contribution in [-0.2, 0) is 15.5 Å². The number of hydrogen-bond acceptors (Lipinski definition) is 3. The first-order valence-corrected chi connectivity index (χ1v) is 5.22. The van der Waals surface area contributed by atoms with E-state index < -0.39 is 52.2 Å². The summed E-state index contributed by atoms with van der Waals surface area (Å²) in [5, 5.41) is 2.18. The lowest BCUT2D eigenvalue weighted by Crippen LogP contribution is -2.29. The van der Waals surface area contributed by atoms with Crippen molar-refractivity contribution in [1.29, 1.82) is 0 Å². The van der Waals surface area contributed by atoms with Crippen LogP contribution in [0.4, 0.5) is 26.3 Å². The van der Waals surface area contributed by atoms with E-state index >= 15 is 0 Å². The maximum absolute atomic E-state index is 14.3. The first kappa shape index (κ1) is 17.4. The summed E-state index contributed by atoms with van der Waals surface area (Å²) in [5.41, 5.74) is 5.45. The maximum atomic E-state index is 14.3. The molecule has 0 bridgehead atoms. The maximum Gasteiger partial charge on any atom is 0.362 e. The molecular weight excluding hydrogens is 320 g/mol. The van der Waals surface area contributed by atoms with Gasteiger partial charge in [0.2, 0.25) is 5.82 Å². The first-order valence-electron chi connectivity index (χ1n) is 5.22. The molecule has 118 valence electrons. The summed E-state index contributed by atoms with van der Waals surface area (Å²) < 4.78 is 84.2. The van der Waals surface area contributed by atoms with E-state index in [1.807, 2.05) is 4.91 Å². The van der Waals surface area contributed by atoms with E-state index in [4.69, 9.17) is 5.53 Å². The third kappa shape index (κ3) is 2.84. The predicted molar refractivity (Wildman–Crippen MR) is 59.1 cm³/mol. The van der Waals surface area contributed by atoms with Crippen LogP contribution in [0.3, 0.4) is 0 Å². The highest BCUT2D eigenvalue weighted by Crippen LogP contribution is 2.37. The lowest BCUT2D eigenvalue weighted by Gasteiger charge is -2.22. The molecule has 22 heavy (non-hydrogen) atoms. The SMILES string of the molecule is C=C(C)C(=O)OC(F)(N=[N+]=[N-])c1c(F)c(F)c(F)c(F)c1F. The monoisotopic (exact) mass is 325 g/mol. The lowest BCUT2D eigenvalue weighted by atomic mass is 10.1. The number of esters is 1. The van der Waals surface area contributed by atoms with Gasteiger partial charge >= 0.3 is 11.9 Å². The van der Waals surface area contributed by atoms with Crippen LogP contribution < -0.4 is 0 Å². The van der Waals surface area contributed by atoms with Gasteiger partial charge in [0.1, 0.15) is 5.56 Å². The van der Waals surface area contributed by atoms with E-state index in [-0.39, 0.29) is 0 Å². The van der Waals surface area contributed by atoms with Crippen LogP contribution in [0.15, 0.2) is 17.3 Å². The highest BCUT2D eigenvalue weighted by atomic mass is 19.2. The Kier molecular flexibility index (Phi) is 4.72. The molecule has 0 fully saturated rings. The molecule has 1 aromatic rings. The number of hydrogen-bond donors (Lipinski definition) is 0. The fraction of sp³-hybridized carbons (Fsp3) is 0.182. The summed E-state index contributed by atoms with van der Waals surface area (Å²) in [6.45, 7) is 4.01. The molecule has 0 aliphatic carbocycles. The largest absolute Gasteiger partial charge is 0.414 e. The summed E-state index contributed by atoms with van der Waals surface area (Å²) in [5.74, 6) is -18.8. The van der Waals surface area contributed by atoms with Gasteiger partial charge in [-0.25, -0.2) is 26.7 Å². The van der Waals surface area contributed by atoms with Crippen molar-refractivity contribution >= 4 is 5.97 Å². The molecule has 0 spiro atoms. The predicted octanol–water partition coefficient (Wildman–Crippen LogP) is 3.89. The van der Waals surface area contributed by atoms with E-state index in [1.54, 1.807) is 0 Å². The second-order valence-electron chi connectivity index (χ2n) is 3.87. The number of carbonyl (C=O) groups is 1. The molecule has 1 atom stereocenters. The van der Waals surface area contributed by atoms with Crippen LogP contribution in [0.5, 0.6) is 0 Å². The lowest BCUT2D eigenvalue weighted by molar-refractivity contribution is -0.180. The average Bonchev–Trinajstić information content (AvgIpc) is 2.43. The highest BCUT2D eigenvalue weighted by Gasteiger charge is 2.45. The van der Waals surface area contributed by atoms with Crippen molar-refractivity contribution in [2.75, 3.05) is 0 Å². The molecule has 1 rings (SSSR count). The van der Waals surface area contributed by atoms with Crippen molar-refractivity contribution in [3.8, 4) is 0 Å². The van der Waals surface area contributed by atoms with Crippen LogP contribution in [-0.4, -0.2) is 5.97 Å². The Morgan fingerprint density at radius 2 is 1.55 bits per heavy atom. The quantitative estimate of drug-likeness (QED) is 0.0969. The Labute approximate surface area is 118 Å². The minimum Gasteiger partial charge on any atom is -0.414 e. The standard InChI is InChI=1S/C11H5F6N3O2/c1-3(2)10(21)22-11(17,19-20-18)4-5(12)7(14)9(16)8(15)6(4)13/h1H2,2H3. The molecule has 0 aliphatic heterocycles. The van der Waals surface area contributed by atoms with Crippen LogP contribution in [0.1, 0.15) is 12.5 Å².